The van der Waals surface area contributed by atoms with Crippen molar-refractivity contribution in [3.05, 3.63) is 52.8 Å². The van der Waals surface area contributed by atoms with Crippen molar-refractivity contribution >= 4 is 34.4 Å². The zero-order chi connectivity index (χ0) is 19.9. The van der Waals surface area contributed by atoms with Gasteiger partial charge in [0, 0.05) is 37.5 Å². The Morgan fingerprint density at radius 2 is 1.96 bits per heavy atom. The van der Waals surface area contributed by atoms with Crippen molar-refractivity contribution in [2.24, 2.45) is 4.99 Å². The van der Waals surface area contributed by atoms with E-state index in [-0.39, 0.29) is 5.91 Å². The van der Waals surface area contributed by atoms with E-state index in [1.807, 2.05) is 24.3 Å². The average Bonchev–Trinajstić information content (AvgIpc) is 3.14. The Kier molecular flexibility index (Phi) is 7.17. The minimum Gasteiger partial charge on any atom is -0.497 e. The highest BCUT2D eigenvalue weighted by Crippen LogP contribution is 2.24. The number of halogens is 1. The van der Waals surface area contributed by atoms with Crippen LogP contribution in [0.1, 0.15) is 17.5 Å². The third kappa shape index (κ3) is 5.62. The molecule has 0 aliphatic carbocycles. The number of thioether (sulfide) groups is 1. The Morgan fingerprint density at radius 1 is 1.21 bits per heavy atom. The Hall–Kier alpha value is -2.25. The topological polar surface area (TPSA) is 64.0 Å². The van der Waals surface area contributed by atoms with Crippen LogP contribution in [0.5, 0.6) is 11.5 Å². The molecule has 1 aromatic carbocycles. The highest BCUT2D eigenvalue weighted by Gasteiger charge is 2.21. The van der Waals surface area contributed by atoms with Crippen LogP contribution in [0.2, 0.25) is 5.15 Å². The van der Waals surface area contributed by atoms with Gasteiger partial charge in [-0.25, -0.2) is 4.98 Å². The number of nitrogens with zero attached hydrogens (tertiary/aromatic N) is 3. The van der Waals surface area contributed by atoms with Crippen LogP contribution in [0, 0.1) is 0 Å². The molecule has 6 nitrogen and oxygen atoms in total. The first-order valence-electron chi connectivity index (χ1n) is 8.89. The first kappa shape index (κ1) is 20.5. The molecule has 148 valence electrons. The van der Waals surface area contributed by atoms with Gasteiger partial charge in [0.15, 0.2) is 5.17 Å². The van der Waals surface area contributed by atoms with Gasteiger partial charge in [-0.05, 0) is 35.7 Å². The fourth-order valence-corrected chi connectivity index (χ4v) is 3.94. The van der Waals surface area contributed by atoms with Crippen LogP contribution >= 0.6 is 23.4 Å². The number of ether oxygens (including phenoxy) is 2. The van der Waals surface area contributed by atoms with E-state index >= 15 is 0 Å². The maximum atomic E-state index is 12.4. The van der Waals surface area contributed by atoms with Crippen molar-refractivity contribution in [2.45, 2.75) is 19.4 Å². The molecular formula is C20H22ClN3O3S. The molecule has 0 atom stereocenters. The lowest BCUT2D eigenvalue weighted by atomic mass is 10.1. The second-order valence-corrected chi connectivity index (χ2v) is 7.72. The molecule has 0 unspecified atom stereocenters. The average molecular weight is 420 g/mol. The number of aliphatic imine (C=N–C) groups is 1. The Morgan fingerprint density at radius 3 is 2.61 bits per heavy atom. The van der Waals surface area contributed by atoms with Crippen molar-refractivity contribution in [1.82, 2.24) is 9.88 Å². The summed E-state index contributed by atoms with van der Waals surface area (Å²) in [5.41, 5.74) is 2.02. The van der Waals surface area contributed by atoms with Crippen LogP contribution in [0.25, 0.3) is 0 Å². The lowest BCUT2D eigenvalue weighted by Crippen LogP contribution is -2.24. The number of amidine groups is 1. The lowest BCUT2D eigenvalue weighted by Gasteiger charge is -2.17. The summed E-state index contributed by atoms with van der Waals surface area (Å²) in [5, 5.41) is 1.24. The Bertz CT molecular complexity index is 836. The third-order valence-corrected chi connectivity index (χ3v) is 5.50. The van der Waals surface area contributed by atoms with Gasteiger partial charge in [0.25, 0.3) is 0 Å². The summed E-state index contributed by atoms with van der Waals surface area (Å²) >= 11 is 7.44. The molecule has 0 spiro atoms. The number of pyridine rings is 1. The van der Waals surface area contributed by atoms with E-state index in [4.69, 9.17) is 21.1 Å². The van der Waals surface area contributed by atoms with E-state index in [1.165, 1.54) is 0 Å². The van der Waals surface area contributed by atoms with Crippen LogP contribution in [0.3, 0.4) is 0 Å². The Balaban J connectivity index is 1.61. The molecule has 1 amide bonds. The maximum absolute atomic E-state index is 12.4. The molecule has 0 radical (unpaired) electrons. The molecule has 0 N–H and O–H groups in total. The van der Waals surface area contributed by atoms with E-state index < -0.39 is 0 Å². The highest BCUT2D eigenvalue weighted by atomic mass is 35.5. The van der Waals surface area contributed by atoms with Gasteiger partial charge in [-0.3, -0.25) is 4.79 Å². The second-order valence-electron chi connectivity index (χ2n) is 6.27. The zero-order valence-corrected chi connectivity index (χ0v) is 17.4. The van der Waals surface area contributed by atoms with Gasteiger partial charge in [0.2, 0.25) is 5.91 Å². The van der Waals surface area contributed by atoms with Crippen LogP contribution in [0.15, 0.2) is 41.5 Å². The summed E-state index contributed by atoms with van der Waals surface area (Å²) in [6.07, 6.45) is 2.66. The minimum absolute atomic E-state index is 0.134. The molecule has 0 bridgehead atoms. The molecule has 2 aromatic rings. The Labute approximate surface area is 173 Å². The van der Waals surface area contributed by atoms with Crippen molar-refractivity contribution in [2.75, 3.05) is 26.5 Å². The van der Waals surface area contributed by atoms with E-state index in [2.05, 4.69) is 14.9 Å². The largest absolute Gasteiger partial charge is 0.497 e. The number of aryl methyl sites for hydroxylation is 1. The van der Waals surface area contributed by atoms with E-state index in [0.29, 0.717) is 36.0 Å². The van der Waals surface area contributed by atoms with Crippen LogP contribution in [-0.2, 0) is 17.8 Å². The normalized spacial score (nSPS) is 15.1. The van der Waals surface area contributed by atoms with Crippen LogP contribution in [-0.4, -0.2) is 47.5 Å². The first-order valence-corrected chi connectivity index (χ1v) is 10.3. The van der Waals surface area contributed by atoms with Gasteiger partial charge < -0.3 is 14.4 Å². The number of rotatable bonds is 7. The van der Waals surface area contributed by atoms with Crippen molar-refractivity contribution in [3.8, 4) is 11.5 Å². The summed E-state index contributed by atoms with van der Waals surface area (Å²) in [5.74, 6) is 2.20. The van der Waals surface area contributed by atoms with Crippen molar-refractivity contribution < 1.29 is 14.3 Å². The standard InChI is InChI=1S/C20H22ClN3O3S/c1-26-16-9-14(10-17(11-16)27-2)4-6-19(25)23-20-24(7-8-28-20)13-15-3-5-18(21)22-12-15/h3,5,9-12H,4,6-8,13H2,1-2H3. The molecule has 1 aliphatic heterocycles. The minimum atomic E-state index is -0.134. The van der Waals surface area contributed by atoms with Crippen LogP contribution < -0.4 is 9.47 Å². The first-order chi connectivity index (χ1) is 13.6. The van der Waals surface area contributed by atoms with Gasteiger partial charge >= 0.3 is 0 Å². The van der Waals surface area contributed by atoms with Gasteiger partial charge in [0.05, 0.1) is 14.2 Å². The molecule has 28 heavy (non-hydrogen) atoms. The summed E-state index contributed by atoms with van der Waals surface area (Å²) in [6.45, 7) is 1.52. The van der Waals surface area contributed by atoms with E-state index in [1.54, 1.807) is 38.2 Å². The molecule has 1 fully saturated rings. The summed E-state index contributed by atoms with van der Waals surface area (Å²) in [6, 6.07) is 9.34. The fraction of sp³-hybridized carbons (Fsp3) is 0.350. The number of carbonyl (C=O) groups is 1. The third-order valence-electron chi connectivity index (χ3n) is 4.28. The van der Waals surface area contributed by atoms with E-state index in [0.717, 1.165) is 28.6 Å². The van der Waals surface area contributed by atoms with Gasteiger partial charge in [0.1, 0.15) is 16.7 Å². The highest BCUT2D eigenvalue weighted by molar-refractivity contribution is 8.14. The zero-order valence-electron chi connectivity index (χ0n) is 15.9. The van der Waals surface area contributed by atoms with Crippen LogP contribution in [0.4, 0.5) is 0 Å². The number of amides is 1. The van der Waals surface area contributed by atoms with E-state index in [9.17, 15) is 4.79 Å². The number of carbonyl (C=O) groups excluding carboxylic acids is 1. The predicted molar refractivity (Wildman–Crippen MR) is 112 cm³/mol. The molecule has 2 heterocycles. The molecule has 8 heteroatoms. The number of hydrogen-bond donors (Lipinski definition) is 0. The summed E-state index contributed by atoms with van der Waals surface area (Å²) < 4.78 is 10.5. The van der Waals surface area contributed by atoms with Gasteiger partial charge in [-0.1, -0.05) is 29.4 Å². The van der Waals surface area contributed by atoms with Crippen molar-refractivity contribution in [3.63, 3.8) is 0 Å². The maximum Gasteiger partial charge on any atom is 0.248 e. The fourth-order valence-electron chi connectivity index (χ4n) is 2.83. The molecule has 0 saturated carbocycles. The predicted octanol–water partition coefficient (Wildman–Crippen LogP) is 3.82. The number of methoxy groups -OCH3 is 2. The molecular weight excluding hydrogens is 398 g/mol. The molecule has 1 saturated heterocycles. The van der Waals surface area contributed by atoms with Crippen molar-refractivity contribution in [1.29, 1.82) is 0 Å². The monoisotopic (exact) mass is 419 g/mol. The number of hydrogen-bond acceptors (Lipinski definition) is 5. The van der Waals surface area contributed by atoms with Gasteiger partial charge in [-0.15, -0.1) is 0 Å². The number of aromatic nitrogens is 1. The summed E-state index contributed by atoms with van der Waals surface area (Å²) in [4.78, 5) is 22.9. The van der Waals surface area contributed by atoms with Gasteiger partial charge in [-0.2, -0.15) is 4.99 Å². The quantitative estimate of drug-likeness (QED) is 0.636. The molecule has 3 rings (SSSR count). The smallest absolute Gasteiger partial charge is 0.248 e. The SMILES string of the molecule is COc1cc(CCC(=O)N=C2SCCN2Cc2ccc(Cl)nc2)cc(OC)c1. The lowest BCUT2D eigenvalue weighted by molar-refractivity contribution is -0.117. The molecule has 1 aliphatic rings. The molecule has 1 aromatic heterocycles. The number of benzene rings is 1. The second kappa shape index (κ2) is 9.80. The summed E-state index contributed by atoms with van der Waals surface area (Å²) in [7, 11) is 3.22.